The number of para-hydroxylation sites is 1. The molecular formula is C14H18N4O3S. The van der Waals surface area contributed by atoms with Crippen molar-refractivity contribution in [3.8, 4) is 0 Å². The molecule has 118 valence electrons. The Bertz CT molecular complexity index is 791. The smallest absolute Gasteiger partial charge is 0.279 e. The van der Waals surface area contributed by atoms with Gasteiger partial charge in [-0.25, -0.2) is 4.72 Å². The molecule has 7 nitrogen and oxygen atoms in total. The van der Waals surface area contributed by atoms with Crippen molar-refractivity contribution in [1.29, 1.82) is 0 Å². The Kier molecular flexibility index (Phi) is 3.90. The molecule has 2 heterocycles. The lowest BCUT2D eigenvalue weighted by atomic mass is 10.1. The van der Waals surface area contributed by atoms with Crippen molar-refractivity contribution in [2.75, 3.05) is 33.2 Å². The van der Waals surface area contributed by atoms with Crippen LogP contribution in [0, 0.1) is 0 Å². The van der Waals surface area contributed by atoms with Crippen LogP contribution in [0.3, 0.4) is 0 Å². The lowest BCUT2D eigenvalue weighted by Gasteiger charge is -2.33. The van der Waals surface area contributed by atoms with E-state index >= 15 is 0 Å². The molecule has 2 N–H and O–H groups in total. The normalized spacial score (nSPS) is 17.0. The molecule has 1 aliphatic rings. The molecule has 0 atom stereocenters. The van der Waals surface area contributed by atoms with Gasteiger partial charge in [-0.15, -0.1) is 0 Å². The highest BCUT2D eigenvalue weighted by atomic mass is 32.2. The highest BCUT2D eigenvalue weighted by Gasteiger charge is 2.28. The topological polar surface area (TPSA) is 85.5 Å². The minimum atomic E-state index is -3.42. The zero-order valence-electron chi connectivity index (χ0n) is 12.2. The van der Waals surface area contributed by atoms with E-state index in [4.69, 9.17) is 0 Å². The Morgan fingerprint density at radius 2 is 1.91 bits per heavy atom. The summed E-state index contributed by atoms with van der Waals surface area (Å²) in [5, 5.41) is 0.988. The molecule has 1 amide bonds. The Hall–Kier alpha value is -1.90. The molecule has 0 saturated carbocycles. The van der Waals surface area contributed by atoms with Crippen LogP contribution in [0.2, 0.25) is 0 Å². The van der Waals surface area contributed by atoms with E-state index in [1.54, 1.807) is 17.2 Å². The van der Waals surface area contributed by atoms with Gasteiger partial charge in [-0.3, -0.25) is 4.79 Å². The molecule has 0 unspecified atom stereocenters. The lowest BCUT2D eigenvalue weighted by Crippen LogP contribution is -2.52. The highest BCUT2D eigenvalue weighted by Crippen LogP contribution is 2.19. The fraction of sp³-hybridized carbons (Fsp3) is 0.357. The van der Waals surface area contributed by atoms with Gasteiger partial charge in [0.1, 0.15) is 0 Å². The van der Waals surface area contributed by atoms with Gasteiger partial charge in [0, 0.05) is 44.8 Å². The predicted molar refractivity (Wildman–Crippen MR) is 83.8 cm³/mol. The molecule has 1 aromatic heterocycles. The summed E-state index contributed by atoms with van der Waals surface area (Å²) < 4.78 is 27.1. The molecule has 0 radical (unpaired) electrons. The summed E-state index contributed by atoms with van der Waals surface area (Å²) in [5.41, 5.74) is 1.44. The quantitative estimate of drug-likeness (QED) is 0.857. The van der Waals surface area contributed by atoms with Crippen molar-refractivity contribution in [1.82, 2.24) is 18.9 Å². The van der Waals surface area contributed by atoms with Crippen LogP contribution in [0.5, 0.6) is 0 Å². The molecule has 0 spiro atoms. The van der Waals surface area contributed by atoms with E-state index in [0.717, 1.165) is 10.9 Å². The van der Waals surface area contributed by atoms with Crippen molar-refractivity contribution >= 4 is 27.0 Å². The first-order valence-electron chi connectivity index (χ1n) is 7.07. The third-order valence-corrected chi connectivity index (χ3v) is 5.50. The second kappa shape index (κ2) is 5.71. The minimum Gasteiger partial charge on any atom is -0.361 e. The molecule has 1 aromatic carbocycles. The number of rotatable bonds is 3. The van der Waals surface area contributed by atoms with Crippen molar-refractivity contribution in [2.45, 2.75) is 0 Å². The lowest BCUT2D eigenvalue weighted by molar-refractivity contribution is 0.0699. The van der Waals surface area contributed by atoms with Crippen LogP contribution >= 0.6 is 0 Å². The molecule has 3 rings (SSSR count). The maximum absolute atomic E-state index is 12.7. The van der Waals surface area contributed by atoms with Gasteiger partial charge >= 0.3 is 0 Å². The van der Waals surface area contributed by atoms with E-state index in [2.05, 4.69) is 9.71 Å². The molecule has 0 aliphatic carbocycles. The maximum atomic E-state index is 12.7. The average molecular weight is 322 g/mol. The molecular weight excluding hydrogens is 304 g/mol. The molecule has 1 fully saturated rings. The number of hydrogen-bond donors (Lipinski definition) is 2. The van der Waals surface area contributed by atoms with Gasteiger partial charge in [-0.05, 0) is 12.1 Å². The van der Waals surface area contributed by atoms with Gasteiger partial charge in [0.2, 0.25) is 0 Å². The molecule has 2 aromatic rings. The molecule has 0 bridgehead atoms. The summed E-state index contributed by atoms with van der Waals surface area (Å²) in [6.07, 6.45) is 1.80. The zero-order chi connectivity index (χ0) is 15.7. The summed E-state index contributed by atoms with van der Waals surface area (Å²) in [6.45, 7) is 1.37. The second-order valence-electron chi connectivity index (χ2n) is 5.15. The summed E-state index contributed by atoms with van der Waals surface area (Å²) in [7, 11) is -2.03. The Morgan fingerprint density at radius 1 is 1.18 bits per heavy atom. The number of piperazine rings is 1. The number of hydrogen-bond acceptors (Lipinski definition) is 3. The number of fused-ring (bicyclic) bond motifs is 1. The first-order chi connectivity index (χ1) is 10.5. The number of amides is 1. The monoisotopic (exact) mass is 322 g/mol. The van der Waals surface area contributed by atoms with E-state index in [9.17, 15) is 13.2 Å². The number of aromatic amines is 1. The highest BCUT2D eigenvalue weighted by molar-refractivity contribution is 7.87. The number of H-pyrrole nitrogens is 1. The number of carbonyl (C=O) groups excluding carboxylic acids is 1. The van der Waals surface area contributed by atoms with Crippen molar-refractivity contribution in [3.63, 3.8) is 0 Å². The Morgan fingerprint density at radius 3 is 2.59 bits per heavy atom. The van der Waals surface area contributed by atoms with Gasteiger partial charge in [0.25, 0.3) is 16.1 Å². The van der Waals surface area contributed by atoms with Crippen molar-refractivity contribution in [3.05, 3.63) is 36.0 Å². The van der Waals surface area contributed by atoms with E-state index in [1.807, 2.05) is 18.2 Å². The number of aromatic nitrogens is 1. The fourth-order valence-corrected chi connectivity index (χ4v) is 3.60. The molecule has 22 heavy (non-hydrogen) atoms. The first kappa shape index (κ1) is 15.0. The van der Waals surface area contributed by atoms with E-state index in [-0.39, 0.29) is 5.91 Å². The molecule has 1 aliphatic heterocycles. The van der Waals surface area contributed by atoms with Crippen LogP contribution in [-0.4, -0.2) is 61.7 Å². The number of carbonyl (C=O) groups is 1. The van der Waals surface area contributed by atoms with E-state index in [0.29, 0.717) is 31.7 Å². The summed E-state index contributed by atoms with van der Waals surface area (Å²) >= 11 is 0. The standard InChI is InChI=1S/C14H18N4O3S/c1-15-22(20,21)18-9-7-17(8-10-18)14(19)12-4-2-3-11-5-6-16-13(11)12/h2-6,15-16H,7-10H2,1H3. The molecule has 1 saturated heterocycles. The van der Waals surface area contributed by atoms with Crippen LogP contribution in [0.4, 0.5) is 0 Å². The summed E-state index contributed by atoms with van der Waals surface area (Å²) in [4.78, 5) is 17.4. The van der Waals surface area contributed by atoms with Crippen LogP contribution < -0.4 is 4.72 Å². The van der Waals surface area contributed by atoms with Gasteiger partial charge in [-0.2, -0.15) is 12.7 Å². The van der Waals surface area contributed by atoms with Crippen LogP contribution in [-0.2, 0) is 10.2 Å². The number of nitrogens with zero attached hydrogens (tertiary/aromatic N) is 2. The second-order valence-corrected chi connectivity index (χ2v) is 7.02. The average Bonchev–Trinajstić information content (AvgIpc) is 3.03. The van der Waals surface area contributed by atoms with Gasteiger partial charge in [0.05, 0.1) is 11.1 Å². The van der Waals surface area contributed by atoms with Crippen molar-refractivity contribution in [2.24, 2.45) is 0 Å². The Balaban J connectivity index is 1.77. The number of benzene rings is 1. The van der Waals surface area contributed by atoms with Gasteiger partial charge in [0.15, 0.2) is 0 Å². The Labute approximate surface area is 129 Å². The first-order valence-corrected chi connectivity index (χ1v) is 8.51. The maximum Gasteiger partial charge on any atom is 0.279 e. The third kappa shape index (κ3) is 2.60. The fourth-order valence-electron chi connectivity index (χ4n) is 2.69. The minimum absolute atomic E-state index is 0.0745. The molecule has 8 heteroatoms. The van der Waals surface area contributed by atoms with E-state index < -0.39 is 10.2 Å². The largest absolute Gasteiger partial charge is 0.361 e. The summed E-state index contributed by atoms with van der Waals surface area (Å²) in [5.74, 6) is -0.0745. The van der Waals surface area contributed by atoms with Gasteiger partial charge < -0.3 is 9.88 Å². The zero-order valence-corrected chi connectivity index (χ0v) is 13.1. The van der Waals surface area contributed by atoms with Crippen LogP contribution in [0.1, 0.15) is 10.4 Å². The number of nitrogens with one attached hydrogen (secondary N) is 2. The van der Waals surface area contributed by atoms with E-state index in [1.165, 1.54) is 11.4 Å². The SMILES string of the molecule is CNS(=O)(=O)N1CCN(C(=O)c2cccc3cc[nH]c23)CC1. The van der Waals surface area contributed by atoms with Crippen LogP contribution in [0.15, 0.2) is 30.5 Å². The third-order valence-electron chi connectivity index (χ3n) is 3.94. The van der Waals surface area contributed by atoms with Crippen molar-refractivity contribution < 1.29 is 13.2 Å². The van der Waals surface area contributed by atoms with Gasteiger partial charge in [-0.1, -0.05) is 12.1 Å². The summed E-state index contributed by atoms with van der Waals surface area (Å²) in [6, 6.07) is 7.51. The predicted octanol–water partition coefficient (Wildman–Crippen LogP) is 0.390. The van der Waals surface area contributed by atoms with Crippen LogP contribution in [0.25, 0.3) is 10.9 Å².